The number of nitrogens with one attached hydrogen (secondary N) is 1. The average molecular weight is 359 g/mol. The Morgan fingerprint density at radius 1 is 1.28 bits per heavy atom. The maximum atomic E-state index is 12.5. The molecule has 0 bridgehead atoms. The highest BCUT2D eigenvalue weighted by molar-refractivity contribution is 6.30. The molecule has 3 rings (SSSR count). The van der Waals surface area contributed by atoms with E-state index < -0.39 is 5.92 Å². The van der Waals surface area contributed by atoms with Crippen LogP contribution in [0, 0.1) is 5.92 Å². The second-order valence-electron chi connectivity index (χ2n) is 5.81. The molecule has 0 radical (unpaired) electrons. The highest BCUT2D eigenvalue weighted by Crippen LogP contribution is 2.33. The molecule has 0 unspecified atom stereocenters. The Morgan fingerprint density at radius 3 is 2.84 bits per heavy atom. The van der Waals surface area contributed by atoms with Gasteiger partial charge in [0.05, 0.1) is 18.2 Å². The maximum Gasteiger partial charge on any atom is 0.229 e. The third kappa shape index (κ3) is 3.94. The lowest BCUT2D eigenvalue weighted by Crippen LogP contribution is -2.28. The quantitative estimate of drug-likeness (QED) is 0.886. The van der Waals surface area contributed by atoms with E-state index >= 15 is 0 Å². The SMILES string of the molecule is CCOc1ccccc1N1C[C@@H](C(=O)Nc2cccc(Cl)c2)CC1=O. The predicted molar refractivity (Wildman–Crippen MR) is 98.2 cm³/mol. The normalized spacial score (nSPS) is 16.8. The molecule has 1 N–H and O–H groups in total. The molecule has 130 valence electrons. The second kappa shape index (κ2) is 7.57. The number of rotatable bonds is 5. The number of halogens is 1. The number of carbonyl (C=O) groups is 2. The minimum Gasteiger partial charge on any atom is -0.492 e. The van der Waals surface area contributed by atoms with Crippen molar-refractivity contribution in [3.63, 3.8) is 0 Å². The van der Waals surface area contributed by atoms with Crippen molar-refractivity contribution in [2.45, 2.75) is 13.3 Å². The number of ether oxygens (including phenoxy) is 1. The van der Waals surface area contributed by atoms with Crippen molar-refractivity contribution in [1.29, 1.82) is 0 Å². The fourth-order valence-corrected chi connectivity index (χ4v) is 3.07. The first kappa shape index (κ1) is 17.3. The standard InChI is InChI=1S/C19H19ClN2O3/c1-2-25-17-9-4-3-8-16(17)22-12-13(10-18(22)23)19(24)21-15-7-5-6-14(20)11-15/h3-9,11,13H,2,10,12H2,1H3,(H,21,24)/t13-/m0/s1. The first-order chi connectivity index (χ1) is 12.1. The Balaban J connectivity index is 1.73. The maximum absolute atomic E-state index is 12.5. The summed E-state index contributed by atoms with van der Waals surface area (Å²) in [5.41, 5.74) is 1.32. The number of para-hydroxylation sites is 2. The number of benzene rings is 2. The van der Waals surface area contributed by atoms with Crippen molar-refractivity contribution in [3.05, 3.63) is 53.6 Å². The minimum absolute atomic E-state index is 0.0848. The first-order valence-corrected chi connectivity index (χ1v) is 8.55. The van der Waals surface area contributed by atoms with Crippen molar-refractivity contribution < 1.29 is 14.3 Å². The van der Waals surface area contributed by atoms with Crippen molar-refractivity contribution in [1.82, 2.24) is 0 Å². The molecular formula is C19H19ClN2O3. The zero-order valence-electron chi connectivity index (χ0n) is 13.9. The van der Waals surface area contributed by atoms with Gasteiger partial charge in [0.1, 0.15) is 5.75 Å². The summed E-state index contributed by atoms with van der Waals surface area (Å²) in [7, 11) is 0. The van der Waals surface area contributed by atoms with Crippen LogP contribution in [0.5, 0.6) is 5.75 Å². The summed E-state index contributed by atoms with van der Waals surface area (Å²) in [6.45, 7) is 2.73. The van der Waals surface area contributed by atoms with Crippen molar-refractivity contribution >= 4 is 34.8 Å². The second-order valence-corrected chi connectivity index (χ2v) is 6.24. The molecule has 1 heterocycles. The van der Waals surface area contributed by atoms with E-state index in [4.69, 9.17) is 16.3 Å². The van der Waals surface area contributed by atoms with Crippen molar-refractivity contribution in [2.24, 2.45) is 5.92 Å². The molecule has 0 spiro atoms. The smallest absolute Gasteiger partial charge is 0.229 e. The molecule has 2 aromatic rings. The van der Waals surface area contributed by atoms with E-state index in [0.29, 0.717) is 35.3 Å². The molecule has 2 aromatic carbocycles. The fraction of sp³-hybridized carbons (Fsp3) is 0.263. The van der Waals surface area contributed by atoms with E-state index in [1.807, 2.05) is 31.2 Å². The summed E-state index contributed by atoms with van der Waals surface area (Å²) in [4.78, 5) is 26.5. The van der Waals surface area contributed by atoms with Gasteiger partial charge in [0, 0.05) is 23.7 Å². The number of nitrogens with zero attached hydrogens (tertiary/aromatic N) is 1. The van der Waals surface area contributed by atoms with Crippen molar-refractivity contribution in [3.8, 4) is 5.75 Å². The van der Waals surface area contributed by atoms with Crippen LogP contribution >= 0.6 is 11.6 Å². The summed E-state index contributed by atoms with van der Waals surface area (Å²) in [5, 5.41) is 3.37. The summed E-state index contributed by atoms with van der Waals surface area (Å²) >= 11 is 5.93. The topological polar surface area (TPSA) is 58.6 Å². The lowest BCUT2D eigenvalue weighted by atomic mass is 10.1. The summed E-state index contributed by atoms with van der Waals surface area (Å²) in [6.07, 6.45) is 0.173. The van der Waals surface area contributed by atoms with Crippen LogP contribution in [0.2, 0.25) is 5.02 Å². The van der Waals surface area contributed by atoms with E-state index in [9.17, 15) is 9.59 Å². The molecule has 2 amide bonds. The summed E-state index contributed by atoms with van der Waals surface area (Å²) in [6, 6.07) is 14.3. The number of carbonyl (C=O) groups excluding carboxylic acids is 2. The van der Waals surface area contributed by atoms with Gasteiger partial charge in [-0.2, -0.15) is 0 Å². The lowest BCUT2D eigenvalue weighted by molar-refractivity contribution is -0.122. The largest absolute Gasteiger partial charge is 0.492 e. The Labute approximate surface area is 151 Å². The van der Waals surface area contributed by atoms with Gasteiger partial charge < -0.3 is 15.0 Å². The van der Waals surface area contributed by atoms with Gasteiger partial charge in [-0.05, 0) is 37.3 Å². The third-order valence-electron chi connectivity index (χ3n) is 4.04. The number of anilines is 2. The molecule has 1 aliphatic heterocycles. The van der Waals surface area contributed by atoms with Crippen LogP contribution in [0.4, 0.5) is 11.4 Å². The van der Waals surface area contributed by atoms with E-state index in [2.05, 4.69) is 5.32 Å². The molecule has 6 heteroatoms. The Hall–Kier alpha value is -2.53. The number of amides is 2. The Bertz CT molecular complexity index is 794. The van der Waals surface area contributed by atoms with E-state index in [0.717, 1.165) is 0 Å². The van der Waals surface area contributed by atoms with Crippen LogP contribution in [0.25, 0.3) is 0 Å². The zero-order valence-corrected chi connectivity index (χ0v) is 14.6. The van der Waals surface area contributed by atoms with E-state index in [1.165, 1.54) is 0 Å². The van der Waals surface area contributed by atoms with Crippen LogP contribution in [0.3, 0.4) is 0 Å². The molecule has 0 aromatic heterocycles. The van der Waals surface area contributed by atoms with Crippen LogP contribution in [-0.4, -0.2) is 25.0 Å². The predicted octanol–water partition coefficient (Wildman–Crippen LogP) is 3.73. The lowest BCUT2D eigenvalue weighted by Gasteiger charge is -2.20. The van der Waals surface area contributed by atoms with Crippen LogP contribution in [0.15, 0.2) is 48.5 Å². The third-order valence-corrected chi connectivity index (χ3v) is 4.28. The number of hydrogen-bond acceptors (Lipinski definition) is 3. The van der Waals surface area contributed by atoms with Crippen LogP contribution in [-0.2, 0) is 9.59 Å². The fourth-order valence-electron chi connectivity index (χ4n) is 2.88. The van der Waals surface area contributed by atoms with Crippen molar-refractivity contribution in [2.75, 3.05) is 23.4 Å². The van der Waals surface area contributed by atoms with Gasteiger partial charge in [0.25, 0.3) is 0 Å². The van der Waals surface area contributed by atoms with E-state index in [1.54, 1.807) is 29.2 Å². The molecule has 5 nitrogen and oxygen atoms in total. The minimum atomic E-state index is -0.416. The van der Waals surface area contributed by atoms with Gasteiger partial charge >= 0.3 is 0 Å². The molecule has 1 aliphatic rings. The number of hydrogen-bond donors (Lipinski definition) is 1. The van der Waals surface area contributed by atoms with E-state index in [-0.39, 0.29) is 18.2 Å². The highest BCUT2D eigenvalue weighted by atomic mass is 35.5. The summed E-state index contributed by atoms with van der Waals surface area (Å²) < 4.78 is 5.59. The molecule has 1 fully saturated rings. The highest BCUT2D eigenvalue weighted by Gasteiger charge is 2.36. The Morgan fingerprint density at radius 2 is 2.08 bits per heavy atom. The zero-order chi connectivity index (χ0) is 17.8. The van der Waals surface area contributed by atoms with Gasteiger partial charge in [-0.1, -0.05) is 29.8 Å². The Kier molecular flexibility index (Phi) is 5.24. The van der Waals surface area contributed by atoms with Gasteiger partial charge in [-0.15, -0.1) is 0 Å². The van der Waals surface area contributed by atoms with Crippen LogP contribution < -0.4 is 15.0 Å². The molecule has 25 heavy (non-hydrogen) atoms. The molecule has 0 aliphatic carbocycles. The molecular weight excluding hydrogens is 340 g/mol. The van der Waals surface area contributed by atoms with Gasteiger partial charge in [-0.3, -0.25) is 9.59 Å². The first-order valence-electron chi connectivity index (χ1n) is 8.17. The average Bonchev–Trinajstić information content (AvgIpc) is 2.97. The monoisotopic (exact) mass is 358 g/mol. The van der Waals surface area contributed by atoms with Gasteiger partial charge in [-0.25, -0.2) is 0 Å². The molecule has 1 saturated heterocycles. The molecule has 1 atom stereocenters. The van der Waals surface area contributed by atoms with Gasteiger partial charge in [0.15, 0.2) is 0 Å². The molecule has 0 saturated carbocycles. The van der Waals surface area contributed by atoms with Gasteiger partial charge in [0.2, 0.25) is 11.8 Å². The summed E-state index contributed by atoms with van der Waals surface area (Å²) in [5.74, 6) is -0.0409. The van der Waals surface area contributed by atoms with Crippen LogP contribution in [0.1, 0.15) is 13.3 Å².